The molecule has 0 spiro atoms. The summed E-state index contributed by atoms with van der Waals surface area (Å²) >= 11 is 6.62. The molecule has 1 aromatic heterocycles. The number of nitrogens with one attached hydrogen (secondary N) is 1. The molecule has 8 heteroatoms. The van der Waals surface area contributed by atoms with Gasteiger partial charge in [0, 0.05) is 17.4 Å². The van der Waals surface area contributed by atoms with E-state index in [4.69, 9.17) is 27.4 Å². The van der Waals surface area contributed by atoms with Crippen LogP contribution < -0.4 is 20.5 Å². The number of hydrogen-bond acceptors (Lipinski definition) is 6. The molecular formula is C20H21N3O3S2. The van der Waals surface area contributed by atoms with Crippen LogP contribution in [0.25, 0.3) is 5.69 Å². The third kappa shape index (κ3) is 3.88. The number of carbonyl (C=O) groups is 1. The molecule has 0 aliphatic heterocycles. The highest BCUT2D eigenvalue weighted by Crippen LogP contribution is 2.31. The van der Waals surface area contributed by atoms with Gasteiger partial charge in [0.25, 0.3) is 5.91 Å². The summed E-state index contributed by atoms with van der Waals surface area (Å²) in [6, 6.07) is 13.1. The molecule has 0 aliphatic rings. The van der Waals surface area contributed by atoms with E-state index in [1.165, 1.54) is 24.0 Å². The van der Waals surface area contributed by atoms with Gasteiger partial charge in [0.15, 0.2) is 15.5 Å². The largest absolute Gasteiger partial charge is 0.493 e. The summed E-state index contributed by atoms with van der Waals surface area (Å²) in [4.78, 5) is 13.1. The SMILES string of the molecule is CCc1ccc(-n2c(N)c(C(=O)Nc3ccc(OC)c(OC)c3)sc2=S)cc1. The number of nitrogens with two attached hydrogens (primary N) is 1. The lowest BCUT2D eigenvalue weighted by molar-refractivity contribution is 0.103. The highest BCUT2D eigenvalue weighted by molar-refractivity contribution is 7.73. The Morgan fingerprint density at radius 3 is 2.43 bits per heavy atom. The second-order valence-corrected chi connectivity index (χ2v) is 7.61. The minimum absolute atomic E-state index is 0.317. The van der Waals surface area contributed by atoms with Crippen LogP contribution in [0.3, 0.4) is 0 Å². The molecule has 1 heterocycles. The zero-order chi connectivity index (χ0) is 20.3. The van der Waals surface area contributed by atoms with Gasteiger partial charge < -0.3 is 20.5 Å². The molecule has 28 heavy (non-hydrogen) atoms. The molecule has 3 aromatic rings. The fourth-order valence-electron chi connectivity index (χ4n) is 2.77. The normalized spacial score (nSPS) is 10.5. The van der Waals surface area contributed by atoms with E-state index in [1.807, 2.05) is 24.3 Å². The van der Waals surface area contributed by atoms with Crippen LogP contribution in [0.15, 0.2) is 42.5 Å². The van der Waals surface area contributed by atoms with Crippen LogP contribution in [-0.4, -0.2) is 24.7 Å². The van der Waals surface area contributed by atoms with Crippen molar-refractivity contribution in [2.75, 3.05) is 25.3 Å². The fourth-order valence-corrected chi connectivity index (χ4v) is 4.04. The second-order valence-electron chi connectivity index (χ2n) is 5.96. The van der Waals surface area contributed by atoms with E-state index >= 15 is 0 Å². The number of anilines is 2. The zero-order valence-electron chi connectivity index (χ0n) is 15.8. The van der Waals surface area contributed by atoms with Crippen LogP contribution in [0.1, 0.15) is 22.2 Å². The predicted octanol–water partition coefficient (Wildman–Crippen LogP) is 4.68. The first-order valence-electron chi connectivity index (χ1n) is 8.62. The number of nitrogen functional groups attached to an aromatic ring is 1. The summed E-state index contributed by atoms with van der Waals surface area (Å²) in [5.41, 5.74) is 8.89. The zero-order valence-corrected chi connectivity index (χ0v) is 17.4. The van der Waals surface area contributed by atoms with Crippen LogP contribution >= 0.6 is 23.6 Å². The number of ether oxygens (including phenoxy) is 2. The van der Waals surface area contributed by atoms with Crippen LogP contribution in [0.2, 0.25) is 0 Å². The minimum Gasteiger partial charge on any atom is -0.493 e. The number of aryl methyl sites for hydroxylation is 1. The standard InChI is InChI=1S/C20H21N3O3S2/c1-4-12-5-8-14(9-6-12)23-18(21)17(28-20(23)27)19(24)22-13-7-10-15(25-2)16(11-13)26-3/h5-11H,4,21H2,1-3H3,(H,22,24). The molecule has 0 saturated heterocycles. The van der Waals surface area contributed by atoms with Crippen molar-refractivity contribution >= 4 is 41.0 Å². The Hall–Kier alpha value is -2.84. The lowest BCUT2D eigenvalue weighted by Gasteiger charge is -2.11. The van der Waals surface area contributed by atoms with Crippen molar-refractivity contribution in [3.05, 3.63) is 56.9 Å². The first kappa shape index (κ1) is 19.9. The monoisotopic (exact) mass is 415 g/mol. The van der Waals surface area contributed by atoms with Crippen LogP contribution in [0.4, 0.5) is 11.5 Å². The van der Waals surface area contributed by atoms with E-state index in [9.17, 15) is 4.79 Å². The number of hydrogen-bond donors (Lipinski definition) is 2. The molecule has 3 N–H and O–H groups in total. The first-order chi connectivity index (χ1) is 13.5. The van der Waals surface area contributed by atoms with Crippen molar-refractivity contribution < 1.29 is 14.3 Å². The number of rotatable bonds is 6. The number of benzene rings is 2. The topological polar surface area (TPSA) is 78.5 Å². The molecular weight excluding hydrogens is 394 g/mol. The smallest absolute Gasteiger partial charge is 0.269 e. The van der Waals surface area contributed by atoms with E-state index in [0.717, 1.165) is 12.1 Å². The highest BCUT2D eigenvalue weighted by Gasteiger charge is 2.19. The van der Waals surface area contributed by atoms with Crippen molar-refractivity contribution in [3.63, 3.8) is 0 Å². The van der Waals surface area contributed by atoms with E-state index in [1.54, 1.807) is 29.9 Å². The number of carbonyl (C=O) groups excluding carboxylic acids is 1. The predicted molar refractivity (Wildman–Crippen MR) is 116 cm³/mol. The number of aromatic nitrogens is 1. The van der Waals surface area contributed by atoms with Crippen LogP contribution in [0, 0.1) is 3.95 Å². The van der Waals surface area contributed by atoms with Gasteiger partial charge in [0.2, 0.25) is 0 Å². The van der Waals surface area contributed by atoms with Gasteiger partial charge in [0.05, 0.1) is 14.2 Å². The van der Waals surface area contributed by atoms with E-state index in [0.29, 0.717) is 31.8 Å². The Morgan fingerprint density at radius 1 is 1.14 bits per heavy atom. The molecule has 0 fully saturated rings. The fraction of sp³-hybridized carbons (Fsp3) is 0.200. The Kier molecular flexibility index (Phi) is 6.01. The van der Waals surface area contributed by atoms with Crippen molar-refractivity contribution in [2.45, 2.75) is 13.3 Å². The molecule has 3 rings (SSSR count). The van der Waals surface area contributed by atoms with E-state index < -0.39 is 0 Å². The number of amides is 1. The van der Waals surface area contributed by atoms with Crippen molar-refractivity contribution in [2.24, 2.45) is 0 Å². The molecule has 2 aromatic carbocycles. The summed E-state index contributed by atoms with van der Waals surface area (Å²) in [7, 11) is 3.09. The number of thiazole rings is 1. The summed E-state index contributed by atoms with van der Waals surface area (Å²) in [6.07, 6.45) is 0.948. The summed E-state index contributed by atoms with van der Waals surface area (Å²) in [6.45, 7) is 2.09. The lowest BCUT2D eigenvalue weighted by atomic mass is 10.1. The molecule has 0 unspecified atom stereocenters. The molecule has 6 nitrogen and oxygen atoms in total. The Morgan fingerprint density at radius 2 is 1.82 bits per heavy atom. The maximum absolute atomic E-state index is 12.8. The summed E-state index contributed by atoms with van der Waals surface area (Å²) in [5.74, 6) is 1.09. The summed E-state index contributed by atoms with van der Waals surface area (Å²) < 4.78 is 12.7. The third-order valence-electron chi connectivity index (χ3n) is 4.30. The van der Waals surface area contributed by atoms with Gasteiger partial charge in [-0.3, -0.25) is 9.36 Å². The Balaban J connectivity index is 1.90. The summed E-state index contributed by atoms with van der Waals surface area (Å²) in [5, 5.41) is 2.83. The highest BCUT2D eigenvalue weighted by atomic mass is 32.1. The first-order valence-corrected chi connectivity index (χ1v) is 9.85. The van der Waals surface area contributed by atoms with Crippen molar-refractivity contribution in [1.29, 1.82) is 0 Å². The van der Waals surface area contributed by atoms with Crippen molar-refractivity contribution in [1.82, 2.24) is 4.57 Å². The number of methoxy groups -OCH3 is 2. The Labute approximate surface area is 172 Å². The quantitative estimate of drug-likeness (QED) is 0.572. The maximum atomic E-state index is 12.8. The van der Waals surface area contributed by atoms with Gasteiger partial charge in [-0.15, -0.1) is 0 Å². The van der Waals surface area contributed by atoms with Gasteiger partial charge in [-0.2, -0.15) is 0 Å². The number of nitrogens with zero attached hydrogens (tertiary/aromatic N) is 1. The molecule has 1 amide bonds. The van der Waals surface area contributed by atoms with Gasteiger partial charge in [-0.05, 0) is 48.5 Å². The molecule has 0 aliphatic carbocycles. The molecule has 0 radical (unpaired) electrons. The second kappa shape index (κ2) is 8.45. The van der Waals surface area contributed by atoms with Gasteiger partial charge in [0.1, 0.15) is 10.7 Å². The molecule has 0 atom stereocenters. The van der Waals surface area contributed by atoms with Gasteiger partial charge >= 0.3 is 0 Å². The molecule has 146 valence electrons. The van der Waals surface area contributed by atoms with Crippen LogP contribution in [0.5, 0.6) is 11.5 Å². The average Bonchev–Trinajstić information content (AvgIpc) is 3.02. The molecule has 0 bridgehead atoms. The van der Waals surface area contributed by atoms with Gasteiger partial charge in [-0.25, -0.2) is 0 Å². The van der Waals surface area contributed by atoms with Crippen LogP contribution in [-0.2, 0) is 6.42 Å². The maximum Gasteiger partial charge on any atom is 0.269 e. The van der Waals surface area contributed by atoms with Crippen molar-refractivity contribution in [3.8, 4) is 17.2 Å². The van der Waals surface area contributed by atoms with E-state index in [-0.39, 0.29) is 5.91 Å². The third-order valence-corrected chi connectivity index (χ3v) is 5.68. The average molecular weight is 416 g/mol. The lowest BCUT2D eigenvalue weighted by Crippen LogP contribution is -2.13. The van der Waals surface area contributed by atoms with E-state index in [2.05, 4.69) is 12.2 Å². The Bertz CT molecular complexity index is 1060. The van der Waals surface area contributed by atoms with Gasteiger partial charge in [-0.1, -0.05) is 30.4 Å². The minimum atomic E-state index is -0.329. The molecule has 0 saturated carbocycles.